The van der Waals surface area contributed by atoms with Crippen LogP contribution in [0.2, 0.25) is 37.8 Å². The first-order valence-electron chi connectivity index (χ1n) is 12.5. The topological polar surface area (TPSA) is 93.0 Å². The van der Waals surface area contributed by atoms with Crippen LogP contribution in [0.3, 0.4) is 0 Å². The Labute approximate surface area is 201 Å². The quantitative estimate of drug-likeness (QED) is 0.153. The van der Waals surface area contributed by atoms with Gasteiger partial charge >= 0.3 is 25.7 Å². The Bertz CT molecular complexity index is 515. The van der Waals surface area contributed by atoms with Crippen molar-refractivity contribution in [3.63, 3.8) is 0 Å². The first-order valence-corrected chi connectivity index (χ1v) is 20.1. The van der Waals surface area contributed by atoms with Gasteiger partial charge in [0.25, 0.3) is 0 Å². The van der Waals surface area contributed by atoms with E-state index in [9.17, 15) is 0 Å². The van der Waals surface area contributed by atoms with E-state index in [0.29, 0.717) is 38.1 Å². The molecule has 4 fully saturated rings. The standard InChI is InChI=1S/C21H42O9Si3/c1-31(10-4-7-22-13-19-16-25-19)28-32(2,11-5-8-23-14-20-17-26-20)30-33(3,29-31)12-6-9-24-15-21-18-27-21/h19-21H,4-18H2,1-3H3. The van der Waals surface area contributed by atoms with Gasteiger partial charge in [-0.2, -0.15) is 0 Å². The largest absolute Gasteiger partial charge is 0.416 e. The Morgan fingerprint density at radius 1 is 0.545 bits per heavy atom. The molecule has 0 amide bonds. The molecule has 12 heteroatoms. The van der Waals surface area contributed by atoms with Crippen molar-refractivity contribution in [2.75, 3.05) is 59.5 Å². The molecule has 33 heavy (non-hydrogen) atoms. The zero-order chi connectivity index (χ0) is 23.2. The number of rotatable bonds is 18. The Morgan fingerprint density at radius 2 is 0.818 bits per heavy atom. The highest BCUT2D eigenvalue weighted by Gasteiger charge is 2.55. The smallest absolute Gasteiger partial charge is 0.317 e. The molecule has 4 rings (SSSR count). The lowest BCUT2D eigenvalue weighted by Gasteiger charge is -2.50. The fraction of sp³-hybridized carbons (Fsp3) is 1.00. The summed E-state index contributed by atoms with van der Waals surface area (Å²) in [5.74, 6) is 0. The lowest BCUT2D eigenvalue weighted by molar-refractivity contribution is 0.111. The van der Waals surface area contributed by atoms with Crippen molar-refractivity contribution in [2.45, 2.75) is 75.3 Å². The number of ether oxygens (including phenoxy) is 6. The molecule has 4 heterocycles. The summed E-state index contributed by atoms with van der Waals surface area (Å²) < 4.78 is 53.2. The predicted octanol–water partition coefficient (Wildman–Crippen LogP) is 2.68. The van der Waals surface area contributed by atoms with E-state index in [0.717, 1.165) is 77.0 Å². The molecule has 192 valence electrons. The van der Waals surface area contributed by atoms with Gasteiger partial charge in [0.1, 0.15) is 18.3 Å². The van der Waals surface area contributed by atoms with Gasteiger partial charge in [-0.3, -0.25) is 0 Å². The van der Waals surface area contributed by atoms with Crippen LogP contribution < -0.4 is 0 Å². The van der Waals surface area contributed by atoms with Crippen molar-refractivity contribution in [3.05, 3.63) is 0 Å². The second-order valence-electron chi connectivity index (χ2n) is 10.1. The summed E-state index contributed by atoms with van der Waals surface area (Å²) in [5.41, 5.74) is 0. The van der Waals surface area contributed by atoms with E-state index in [4.69, 9.17) is 40.8 Å². The van der Waals surface area contributed by atoms with Gasteiger partial charge in [-0.05, 0) is 57.0 Å². The minimum absolute atomic E-state index is 0.308. The Hall–Kier alpha value is 0.291. The normalized spacial score (nSPS) is 39.5. The minimum Gasteiger partial charge on any atom is -0.416 e. The molecule has 0 aromatic carbocycles. The summed E-state index contributed by atoms with van der Waals surface area (Å²) in [7, 11) is -7.07. The summed E-state index contributed by atoms with van der Waals surface area (Å²) in [6, 6.07) is 2.79. The van der Waals surface area contributed by atoms with Crippen LogP contribution >= 0.6 is 0 Å². The Kier molecular flexibility index (Phi) is 9.60. The molecule has 0 spiro atoms. The summed E-state index contributed by atoms with van der Waals surface area (Å²) in [5, 5.41) is 0. The summed E-state index contributed by atoms with van der Waals surface area (Å²) in [4.78, 5) is 0. The van der Waals surface area contributed by atoms with Crippen molar-refractivity contribution in [1.82, 2.24) is 0 Å². The molecule has 3 atom stereocenters. The van der Waals surface area contributed by atoms with E-state index >= 15 is 0 Å². The molecule has 0 aliphatic carbocycles. The first-order chi connectivity index (χ1) is 15.9. The van der Waals surface area contributed by atoms with Gasteiger partial charge in [-0.15, -0.1) is 0 Å². The van der Waals surface area contributed by atoms with E-state index in [1.54, 1.807) is 0 Å². The molecule has 4 saturated heterocycles. The molecule has 9 nitrogen and oxygen atoms in total. The van der Waals surface area contributed by atoms with E-state index in [2.05, 4.69) is 19.6 Å². The monoisotopic (exact) mass is 522 g/mol. The predicted molar refractivity (Wildman–Crippen MR) is 128 cm³/mol. The van der Waals surface area contributed by atoms with Gasteiger partial charge < -0.3 is 40.8 Å². The van der Waals surface area contributed by atoms with Gasteiger partial charge in [0.05, 0.1) is 39.6 Å². The highest BCUT2D eigenvalue weighted by atomic mass is 28.5. The number of hydrogen-bond acceptors (Lipinski definition) is 9. The van der Waals surface area contributed by atoms with Crippen LogP contribution in [0.1, 0.15) is 19.3 Å². The van der Waals surface area contributed by atoms with E-state index in [1.807, 2.05) is 0 Å². The number of hydrogen-bond donors (Lipinski definition) is 0. The zero-order valence-electron chi connectivity index (χ0n) is 20.5. The number of epoxide rings is 3. The average molecular weight is 523 g/mol. The van der Waals surface area contributed by atoms with Gasteiger partial charge in [-0.1, -0.05) is 0 Å². The highest BCUT2D eigenvalue weighted by Crippen LogP contribution is 2.38. The van der Waals surface area contributed by atoms with Crippen molar-refractivity contribution < 1.29 is 40.8 Å². The van der Waals surface area contributed by atoms with Gasteiger partial charge in [0.2, 0.25) is 0 Å². The Morgan fingerprint density at radius 3 is 1.06 bits per heavy atom. The minimum atomic E-state index is -2.36. The van der Waals surface area contributed by atoms with Gasteiger partial charge in [0.15, 0.2) is 0 Å². The van der Waals surface area contributed by atoms with Crippen molar-refractivity contribution >= 4 is 25.7 Å². The van der Waals surface area contributed by atoms with Crippen molar-refractivity contribution in [3.8, 4) is 0 Å². The maximum atomic E-state index is 6.76. The maximum absolute atomic E-state index is 6.76. The molecule has 3 unspecified atom stereocenters. The summed E-state index contributed by atoms with van der Waals surface area (Å²) >= 11 is 0. The van der Waals surface area contributed by atoms with Crippen molar-refractivity contribution in [2.24, 2.45) is 0 Å². The van der Waals surface area contributed by atoms with Gasteiger partial charge in [-0.25, -0.2) is 0 Å². The lowest BCUT2D eigenvalue weighted by atomic mass is 10.5. The van der Waals surface area contributed by atoms with Crippen LogP contribution in [0, 0.1) is 0 Å². The van der Waals surface area contributed by atoms with Crippen LogP contribution in [0.4, 0.5) is 0 Å². The lowest BCUT2D eigenvalue weighted by Crippen LogP contribution is -2.67. The van der Waals surface area contributed by atoms with Crippen LogP contribution in [-0.4, -0.2) is 103 Å². The zero-order valence-corrected chi connectivity index (χ0v) is 23.5. The van der Waals surface area contributed by atoms with E-state index in [1.165, 1.54) is 0 Å². The van der Waals surface area contributed by atoms with Crippen LogP contribution in [0.15, 0.2) is 0 Å². The first kappa shape index (κ1) is 26.4. The molecular formula is C21H42O9Si3. The summed E-state index contributed by atoms with van der Waals surface area (Å²) in [6.45, 7) is 13.4. The molecule has 0 radical (unpaired) electrons. The average Bonchev–Trinajstić information content (AvgIpc) is 3.59. The summed E-state index contributed by atoms with van der Waals surface area (Å²) in [6.07, 6.45) is 3.75. The highest BCUT2D eigenvalue weighted by molar-refractivity contribution is 6.93. The molecule has 0 aromatic rings. The third-order valence-electron chi connectivity index (χ3n) is 6.17. The van der Waals surface area contributed by atoms with E-state index in [-0.39, 0.29) is 0 Å². The third kappa shape index (κ3) is 10.1. The second kappa shape index (κ2) is 12.0. The van der Waals surface area contributed by atoms with E-state index < -0.39 is 25.7 Å². The molecule has 0 N–H and O–H groups in total. The molecule has 0 saturated carbocycles. The molecular weight excluding hydrogens is 480 g/mol. The molecule has 4 aliphatic heterocycles. The van der Waals surface area contributed by atoms with Gasteiger partial charge in [0, 0.05) is 19.8 Å². The van der Waals surface area contributed by atoms with Crippen LogP contribution in [0.5, 0.6) is 0 Å². The van der Waals surface area contributed by atoms with Crippen LogP contribution in [0.25, 0.3) is 0 Å². The fourth-order valence-corrected chi connectivity index (χ4v) is 21.8. The third-order valence-corrected chi connectivity index (χ3v) is 20.3. The fourth-order valence-electron chi connectivity index (χ4n) is 4.36. The second-order valence-corrected chi connectivity index (χ2v) is 20.9. The van der Waals surface area contributed by atoms with Crippen molar-refractivity contribution in [1.29, 1.82) is 0 Å². The molecule has 0 aromatic heterocycles. The molecule has 4 aliphatic rings. The SMILES string of the molecule is C[Si]1(CCCOCC2CO2)O[Si](C)(CCCOCC2CO2)O[Si](C)(CCCOCC2CO2)O1. The molecule has 0 bridgehead atoms. The van der Waals surface area contributed by atoms with Crippen LogP contribution in [-0.2, 0) is 40.8 Å². The Balaban J connectivity index is 1.24. The maximum Gasteiger partial charge on any atom is 0.317 e.